The van der Waals surface area contributed by atoms with Crippen molar-refractivity contribution in [1.29, 1.82) is 0 Å². The molecule has 1 amide bonds. The molecule has 1 heterocycles. The largest absolute Gasteiger partial charge is 0.496 e. The third-order valence-corrected chi connectivity index (χ3v) is 4.38. The van der Waals surface area contributed by atoms with Gasteiger partial charge in [-0.15, -0.1) is 11.3 Å². The lowest BCUT2D eigenvalue weighted by Crippen LogP contribution is -2.33. The van der Waals surface area contributed by atoms with E-state index in [1.165, 1.54) is 4.88 Å². The molecule has 0 aliphatic rings. The summed E-state index contributed by atoms with van der Waals surface area (Å²) in [5.74, 6) is 1.17. The van der Waals surface area contributed by atoms with Gasteiger partial charge in [0, 0.05) is 28.5 Å². The molecule has 4 nitrogen and oxygen atoms in total. The Morgan fingerprint density at radius 3 is 2.41 bits per heavy atom. The number of thiophene rings is 1. The van der Waals surface area contributed by atoms with Crippen LogP contribution >= 0.6 is 11.3 Å². The molecule has 5 heteroatoms. The molecule has 2 aromatic rings. The third kappa shape index (κ3) is 3.80. The zero-order chi connectivity index (χ0) is 16.1. The van der Waals surface area contributed by atoms with Gasteiger partial charge in [0.25, 0.3) is 5.91 Å². The summed E-state index contributed by atoms with van der Waals surface area (Å²) in [6.45, 7) is 3.90. The smallest absolute Gasteiger partial charge is 0.251 e. The Labute approximate surface area is 135 Å². The summed E-state index contributed by atoms with van der Waals surface area (Å²) in [5, 5.41) is 5.05. The lowest BCUT2D eigenvalue weighted by molar-refractivity contribution is 0.0939. The molecule has 22 heavy (non-hydrogen) atoms. The fraction of sp³-hybridized carbons (Fsp3) is 0.353. The van der Waals surface area contributed by atoms with Crippen LogP contribution < -0.4 is 14.8 Å². The average molecular weight is 319 g/mol. The molecular weight excluding hydrogens is 298 g/mol. The van der Waals surface area contributed by atoms with Crippen molar-refractivity contribution in [1.82, 2.24) is 5.32 Å². The minimum absolute atomic E-state index is 0.0597. The number of methoxy groups -OCH3 is 2. The second-order valence-corrected chi connectivity index (χ2v) is 6.20. The van der Waals surface area contributed by atoms with Gasteiger partial charge in [-0.3, -0.25) is 4.79 Å². The zero-order valence-corrected chi connectivity index (χ0v) is 14.1. The maximum Gasteiger partial charge on any atom is 0.251 e. The summed E-state index contributed by atoms with van der Waals surface area (Å²) < 4.78 is 10.6. The highest BCUT2D eigenvalue weighted by Gasteiger charge is 2.15. The van der Waals surface area contributed by atoms with E-state index in [4.69, 9.17) is 9.47 Å². The van der Waals surface area contributed by atoms with Gasteiger partial charge in [0.05, 0.1) is 14.2 Å². The van der Waals surface area contributed by atoms with Gasteiger partial charge in [0.1, 0.15) is 11.5 Å². The molecule has 1 aromatic carbocycles. The molecule has 2 rings (SSSR count). The molecule has 0 saturated heterocycles. The van der Waals surface area contributed by atoms with E-state index >= 15 is 0 Å². The Morgan fingerprint density at radius 2 is 1.91 bits per heavy atom. The predicted molar refractivity (Wildman–Crippen MR) is 89.2 cm³/mol. The molecule has 0 spiro atoms. The number of hydrogen-bond acceptors (Lipinski definition) is 4. The number of carbonyl (C=O) groups is 1. The van der Waals surface area contributed by atoms with E-state index in [1.54, 1.807) is 37.7 Å². The molecule has 0 aliphatic heterocycles. The van der Waals surface area contributed by atoms with Crippen molar-refractivity contribution in [2.75, 3.05) is 14.2 Å². The first-order valence-electron chi connectivity index (χ1n) is 7.11. The molecule has 118 valence electrons. The normalized spacial score (nSPS) is 11.8. The van der Waals surface area contributed by atoms with Crippen LogP contribution in [0.5, 0.6) is 11.5 Å². The maximum absolute atomic E-state index is 12.4. The summed E-state index contributed by atoms with van der Waals surface area (Å²) in [4.78, 5) is 13.7. The van der Waals surface area contributed by atoms with E-state index in [-0.39, 0.29) is 11.9 Å². The van der Waals surface area contributed by atoms with Crippen LogP contribution in [-0.2, 0) is 6.42 Å². The van der Waals surface area contributed by atoms with Crippen molar-refractivity contribution in [3.05, 3.63) is 45.6 Å². The molecule has 1 N–H and O–H groups in total. The van der Waals surface area contributed by atoms with Crippen molar-refractivity contribution in [3.8, 4) is 11.5 Å². The van der Waals surface area contributed by atoms with E-state index in [0.717, 1.165) is 12.0 Å². The Morgan fingerprint density at radius 1 is 1.27 bits per heavy atom. The second-order valence-electron chi connectivity index (χ2n) is 5.16. The maximum atomic E-state index is 12.4. The van der Waals surface area contributed by atoms with Crippen LogP contribution in [0.3, 0.4) is 0 Å². The molecule has 1 unspecified atom stereocenters. The van der Waals surface area contributed by atoms with E-state index in [1.807, 2.05) is 25.3 Å². The Hall–Kier alpha value is -2.01. The second kappa shape index (κ2) is 7.31. The standard InChI is InChI=1S/C17H21NO3S/c1-11(8-14-6-5-7-22-14)18-17(19)13-9-15(20-3)12(2)16(10-13)21-4/h5-7,9-11H,8H2,1-4H3,(H,18,19). The van der Waals surface area contributed by atoms with Crippen LogP contribution in [-0.4, -0.2) is 26.2 Å². The minimum atomic E-state index is -0.124. The van der Waals surface area contributed by atoms with Gasteiger partial charge < -0.3 is 14.8 Å². The predicted octanol–water partition coefficient (Wildman–Crippen LogP) is 3.43. The first kappa shape index (κ1) is 16.4. The highest BCUT2D eigenvalue weighted by Crippen LogP contribution is 2.29. The zero-order valence-electron chi connectivity index (χ0n) is 13.3. The van der Waals surface area contributed by atoms with Gasteiger partial charge >= 0.3 is 0 Å². The summed E-state index contributed by atoms with van der Waals surface area (Å²) in [5.41, 5.74) is 1.42. The van der Waals surface area contributed by atoms with Gasteiger partial charge in [-0.1, -0.05) is 6.07 Å². The monoisotopic (exact) mass is 319 g/mol. The third-order valence-electron chi connectivity index (χ3n) is 3.48. The van der Waals surface area contributed by atoms with E-state index in [0.29, 0.717) is 17.1 Å². The van der Waals surface area contributed by atoms with E-state index < -0.39 is 0 Å². The Bertz CT molecular complexity index is 612. The lowest BCUT2D eigenvalue weighted by atomic mass is 10.1. The number of nitrogens with one attached hydrogen (secondary N) is 1. The van der Waals surface area contributed by atoms with E-state index in [2.05, 4.69) is 11.4 Å². The van der Waals surface area contributed by atoms with Crippen LogP contribution in [0.2, 0.25) is 0 Å². The first-order chi connectivity index (χ1) is 10.5. The summed E-state index contributed by atoms with van der Waals surface area (Å²) in [6.07, 6.45) is 0.823. The van der Waals surface area contributed by atoms with E-state index in [9.17, 15) is 4.79 Å². The van der Waals surface area contributed by atoms with Crippen molar-refractivity contribution in [2.45, 2.75) is 26.3 Å². The number of ether oxygens (including phenoxy) is 2. The van der Waals surface area contributed by atoms with Crippen LogP contribution in [0.1, 0.15) is 27.7 Å². The van der Waals surface area contributed by atoms with Crippen LogP contribution in [0, 0.1) is 6.92 Å². The highest BCUT2D eigenvalue weighted by atomic mass is 32.1. The highest BCUT2D eigenvalue weighted by molar-refractivity contribution is 7.09. The number of rotatable bonds is 6. The Balaban J connectivity index is 2.11. The van der Waals surface area contributed by atoms with Crippen LogP contribution in [0.25, 0.3) is 0 Å². The lowest BCUT2D eigenvalue weighted by Gasteiger charge is -2.15. The fourth-order valence-electron chi connectivity index (χ4n) is 2.31. The number of benzene rings is 1. The molecule has 0 fully saturated rings. The molecule has 0 aliphatic carbocycles. The van der Waals surface area contributed by atoms with Gasteiger partial charge in [0.15, 0.2) is 0 Å². The average Bonchev–Trinajstić information content (AvgIpc) is 3.00. The Kier molecular flexibility index (Phi) is 5.44. The van der Waals surface area contributed by atoms with Crippen molar-refractivity contribution in [3.63, 3.8) is 0 Å². The molecular formula is C17H21NO3S. The van der Waals surface area contributed by atoms with Crippen molar-refractivity contribution >= 4 is 17.2 Å². The van der Waals surface area contributed by atoms with Crippen molar-refractivity contribution < 1.29 is 14.3 Å². The number of hydrogen-bond donors (Lipinski definition) is 1. The molecule has 0 saturated carbocycles. The number of amides is 1. The van der Waals surface area contributed by atoms with Gasteiger partial charge in [-0.05, 0) is 37.4 Å². The van der Waals surface area contributed by atoms with Crippen LogP contribution in [0.4, 0.5) is 0 Å². The minimum Gasteiger partial charge on any atom is -0.496 e. The van der Waals surface area contributed by atoms with Gasteiger partial charge in [-0.25, -0.2) is 0 Å². The summed E-state index contributed by atoms with van der Waals surface area (Å²) in [6, 6.07) is 7.63. The molecule has 1 atom stereocenters. The summed E-state index contributed by atoms with van der Waals surface area (Å²) in [7, 11) is 3.17. The fourth-order valence-corrected chi connectivity index (χ4v) is 3.14. The number of carbonyl (C=O) groups excluding carboxylic acids is 1. The van der Waals surface area contributed by atoms with Crippen molar-refractivity contribution in [2.24, 2.45) is 0 Å². The molecule has 1 aromatic heterocycles. The molecule has 0 bridgehead atoms. The summed E-state index contributed by atoms with van der Waals surface area (Å²) >= 11 is 1.70. The van der Waals surface area contributed by atoms with Gasteiger partial charge in [-0.2, -0.15) is 0 Å². The SMILES string of the molecule is COc1cc(C(=O)NC(C)Cc2cccs2)cc(OC)c1C. The topological polar surface area (TPSA) is 47.6 Å². The van der Waals surface area contributed by atoms with Crippen LogP contribution in [0.15, 0.2) is 29.6 Å². The van der Waals surface area contributed by atoms with Gasteiger partial charge in [0.2, 0.25) is 0 Å². The molecule has 0 radical (unpaired) electrons. The first-order valence-corrected chi connectivity index (χ1v) is 7.99. The quantitative estimate of drug-likeness (QED) is 0.887.